The van der Waals surface area contributed by atoms with Gasteiger partial charge in [-0.05, 0) is 30.5 Å². The molecule has 5 nitrogen and oxygen atoms in total. The van der Waals surface area contributed by atoms with Gasteiger partial charge in [0.25, 0.3) is 0 Å². The Labute approximate surface area is 114 Å². The van der Waals surface area contributed by atoms with Crippen LogP contribution in [0.25, 0.3) is 0 Å². The van der Waals surface area contributed by atoms with Gasteiger partial charge in [0.1, 0.15) is 5.75 Å². The summed E-state index contributed by atoms with van der Waals surface area (Å²) in [4.78, 5) is 11.4. The topological polar surface area (TPSA) is 70.6 Å². The largest absolute Gasteiger partial charge is 0.507 e. The zero-order chi connectivity index (χ0) is 14.3. The van der Waals surface area contributed by atoms with Gasteiger partial charge in [0.05, 0.1) is 13.2 Å². The first kappa shape index (κ1) is 15.5. The summed E-state index contributed by atoms with van der Waals surface area (Å²) in [5.41, 5.74) is 2.75. The van der Waals surface area contributed by atoms with Gasteiger partial charge in [-0.2, -0.15) is 0 Å². The Bertz CT molecular complexity index is 410. The first-order valence-corrected chi connectivity index (χ1v) is 6.30. The third kappa shape index (κ3) is 5.28. The van der Waals surface area contributed by atoms with Crippen molar-refractivity contribution in [1.82, 2.24) is 10.6 Å². The molecule has 0 radical (unpaired) electrons. The summed E-state index contributed by atoms with van der Waals surface area (Å²) in [6.45, 7) is 5.63. The lowest BCUT2D eigenvalue weighted by atomic mass is 10.1. The number of ether oxygens (including phenoxy) is 1. The molecule has 0 aliphatic rings. The molecule has 0 saturated heterocycles. The summed E-state index contributed by atoms with van der Waals surface area (Å²) >= 11 is 0. The number of aromatic hydroxyl groups is 1. The molecule has 0 spiro atoms. The molecule has 0 aromatic heterocycles. The molecule has 0 fully saturated rings. The summed E-state index contributed by atoms with van der Waals surface area (Å²) in [6.07, 6.45) is 0. The van der Waals surface area contributed by atoms with Crippen molar-refractivity contribution < 1.29 is 14.6 Å². The smallest absolute Gasteiger partial charge is 0.234 e. The maximum Gasteiger partial charge on any atom is 0.234 e. The van der Waals surface area contributed by atoms with E-state index in [9.17, 15) is 9.90 Å². The molecular formula is C14H22N2O3. The van der Waals surface area contributed by atoms with Gasteiger partial charge in [0, 0.05) is 20.2 Å². The molecule has 0 aliphatic heterocycles. The number of hydrogen-bond donors (Lipinski definition) is 3. The molecule has 3 N–H and O–H groups in total. The van der Waals surface area contributed by atoms with Crippen LogP contribution in [0.5, 0.6) is 5.75 Å². The molecule has 1 rings (SSSR count). The maximum absolute atomic E-state index is 11.4. The molecule has 19 heavy (non-hydrogen) atoms. The van der Waals surface area contributed by atoms with Gasteiger partial charge in [0.15, 0.2) is 0 Å². The zero-order valence-electron chi connectivity index (χ0n) is 11.7. The Morgan fingerprint density at radius 1 is 1.32 bits per heavy atom. The van der Waals surface area contributed by atoms with E-state index < -0.39 is 0 Å². The van der Waals surface area contributed by atoms with E-state index in [0.29, 0.717) is 25.4 Å². The third-order valence-corrected chi connectivity index (χ3v) is 2.79. The Kier molecular flexibility index (Phi) is 6.32. The number of phenolic OH excluding ortho intramolecular Hbond substituents is 1. The van der Waals surface area contributed by atoms with Crippen LogP contribution >= 0.6 is 0 Å². The van der Waals surface area contributed by atoms with Crippen molar-refractivity contribution in [2.75, 3.05) is 26.8 Å². The number of phenols is 1. The predicted molar refractivity (Wildman–Crippen MR) is 74.2 cm³/mol. The number of nitrogens with one attached hydrogen (secondary N) is 2. The highest BCUT2D eigenvalue weighted by Crippen LogP contribution is 2.22. The van der Waals surface area contributed by atoms with E-state index in [1.54, 1.807) is 7.11 Å². The maximum atomic E-state index is 11.4. The standard InChI is InChI=1S/C14H22N2O3/c1-10-6-12(7-11(2)14(10)18)8-15-9-13(17)16-4-5-19-3/h6-7,15,18H,4-5,8-9H2,1-3H3,(H,16,17). The van der Waals surface area contributed by atoms with Gasteiger partial charge in [0.2, 0.25) is 5.91 Å². The second kappa shape index (κ2) is 7.76. The van der Waals surface area contributed by atoms with Crippen LogP contribution in [0.15, 0.2) is 12.1 Å². The second-order valence-electron chi connectivity index (χ2n) is 4.52. The first-order chi connectivity index (χ1) is 9.04. The number of hydrogen-bond acceptors (Lipinski definition) is 4. The van der Waals surface area contributed by atoms with Crippen molar-refractivity contribution >= 4 is 5.91 Å². The molecule has 0 unspecified atom stereocenters. The summed E-state index contributed by atoms with van der Waals surface area (Å²) in [5.74, 6) is 0.283. The van der Waals surface area contributed by atoms with Gasteiger partial charge in [-0.25, -0.2) is 0 Å². The Hall–Kier alpha value is -1.59. The van der Waals surface area contributed by atoms with Crippen LogP contribution in [0.2, 0.25) is 0 Å². The molecule has 106 valence electrons. The number of rotatable bonds is 7. The van der Waals surface area contributed by atoms with Crippen molar-refractivity contribution in [1.29, 1.82) is 0 Å². The van der Waals surface area contributed by atoms with Crippen LogP contribution in [-0.4, -0.2) is 37.8 Å². The predicted octanol–water partition coefficient (Wildman–Crippen LogP) is 0.861. The number of aryl methyl sites for hydroxylation is 2. The van der Waals surface area contributed by atoms with Gasteiger partial charge >= 0.3 is 0 Å². The highest BCUT2D eigenvalue weighted by molar-refractivity contribution is 5.77. The van der Waals surface area contributed by atoms with Crippen molar-refractivity contribution in [2.24, 2.45) is 0 Å². The van der Waals surface area contributed by atoms with Crippen molar-refractivity contribution in [2.45, 2.75) is 20.4 Å². The SMILES string of the molecule is COCCNC(=O)CNCc1cc(C)c(O)c(C)c1. The second-order valence-corrected chi connectivity index (χ2v) is 4.52. The van der Waals surface area contributed by atoms with Gasteiger partial charge < -0.3 is 20.5 Å². The van der Waals surface area contributed by atoms with E-state index in [1.165, 1.54) is 0 Å². The lowest BCUT2D eigenvalue weighted by Gasteiger charge is -2.09. The van der Waals surface area contributed by atoms with E-state index in [-0.39, 0.29) is 12.5 Å². The number of methoxy groups -OCH3 is 1. The minimum Gasteiger partial charge on any atom is -0.507 e. The number of carbonyl (C=O) groups excluding carboxylic acids is 1. The molecule has 0 saturated carbocycles. The molecule has 0 aliphatic carbocycles. The van der Waals surface area contributed by atoms with E-state index in [4.69, 9.17) is 4.74 Å². The van der Waals surface area contributed by atoms with Crippen LogP contribution in [0.3, 0.4) is 0 Å². The molecule has 0 atom stereocenters. The molecule has 1 amide bonds. The Morgan fingerprint density at radius 2 is 1.95 bits per heavy atom. The average molecular weight is 266 g/mol. The number of benzene rings is 1. The Balaban J connectivity index is 2.35. The molecule has 0 heterocycles. The summed E-state index contributed by atoms with van der Waals surface area (Å²) in [5, 5.41) is 15.5. The van der Waals surface area contributed by atoms with Crippen LogP contribution in [0.4, 0.5) is 0 Å². The van der Waals surface area contributed by atoms with Gasteiger partial charge in [-0.3, -0.25) is 4.79 Å². The van der Waals surface area contributed by atoms with Crippen LogP contribution < -0.4 is 10.6 Å². The fourth-order valence-corrected chi connectivity index (χ4v) is 1.82. The minimum absolute atomic E-state index is 0.0516. The van der Waals surface area contributed by atoms with Crippen LogP contribution in [0, 0.1) is 13.8 Å². The zero-order valence-corrected chi connectivity index (χ0v) is 11.7. The van der Waals surface area contributed by atoms with Crippen LogP contribution in [-0.2, 0) is 16.1 Å². The van der Waals surface area contributed by atoms with Crippen molar-refractivity contribution in [3.05, 3.63) is 28.8 Å². The van der Waals surface area contributed by atoms with Crippen LogP contribution in [0.1, 0.15) is 16.7 Å². The molecule has 1 aromatic rings. The minimum atomic E-state index is -0.0516. The summed E-state index contributed by atoms with van der Waals surface area (Å²) in [7, 11) is 1.60. The average Bonchev–Trinajstić information content (AvgIpc) is 2.36. The highest BCUT2D eigenvalue weighted by Gasteiger charge is 2.04. The fraction of sp³-hybridized carbons (Fsp3) is 0.500. The lowest BCUT2D eigenvalue weighted by Crippen LogP contribution is -2.35. The molecule has 1 aromatic carbocycles. The number of amides is 1. The van der Waals surface area contributed by atoms with Crippen molar-refractivity contribution in [3.8, 4) is 5.75 Å². The molecular weight excluding hydrogens is 244 g/mol. The van der Waals surface area contributed by atoms with Gasteiger partial charge in [-0.1, -0.05) is 12.1 Å². The molecule has 0 bridgehead atoms. The summed E-state index contributed by atoms with van der Waals surface area (Å²) in [6, 6.07) is 3.83. The van der Waals surface area contributed by atoms with E-state index in [0.717, 1.165) is 16.7 Å². The highest BCUT2D eigenvalue weighted by atomic mass is 16.5. The summed E-state index contributed by atoms with van der Waals surface area (Å²) < 4.78 is 4.84. The quantitative estimate of drug-likeness (QED) is 0.640. The van der Waals surface area contributed by atoms with E-state index in [1.807, 2.05) is 26.0 Å². The van der Waals surface area contributed by atoms with E-state index >= 15 is 0 Å². The van der Waals surface area contributed by atoms with Crippen molar-refractivity contribution in [3.63, 3.8) is 0 Å². The monoisotopic (exact) mass is 266 g/mol. The van der Waals surface area contributed by atoms with E-state index in [2.05, 4.69) is 10.6 Å². The fourth-order valence-electron chi connectivity index (χ4n) is 1.82. The first-order valence-electron chi connectivity index (χ1n) is 6.30. The third-order valence-electron chi connectivity index (χ3n) is 2.79. The normalized spacial score (nSPS) is 10.5. The number of carbonyl (C=O) groups is 1. The van der Waals surface area contributed by atoms with Gasteiger partial charge in [-0.15, -0.1) is 0 Å². The lowest BCUT2D eigenvalue weighted by molar-refractivity contribution is -0.120. The molecule has 5 heteroatoms. The Morgan fingerprint density at radius 3 is 2.53 bits per heavy atom.